The van der Waals surface area contributed by atoms with Crippen LogP contribution in [0.25, 0.3) is 0 Å². The fourth-order valence-electron chi connectivity index (χ4n) is 1.86. The molecule has 0 aliphatic rings. The maximum absolute atomic E-state index is 12.2. The summed E-state index contributed by atoms with van der Waals surface area (Å²) in [5.41, 5.74) is 1.88. The topological polar surface area (TPSA) is 35.6 Å². The third kappa shape index (κ3) is 5.83. The lowest BCUT2D eigenvalue weighted by molar-refractivity contribution is -0.123. The summed E-state index contributed by atoms with van der Waals surface area (Å²) in [6.07, 6.45) is -4.41. The second-order valence-electron chi connectivity index (χ2n) is 5.56. The van der Waals surface area contributed by atoms with E-state index in [0.717, 1.165) is 11.3 Å². The van der Waals surface area contributed by atoms with Gasteiger partial charge in [0.2, 0.25) is 0 Å². The molecule has 22 heavy (non-hydrogen) atoms. The summed E-state index contributed by atoms with van der Waals surface area (Å²) in [5.74, 6) is 0. The summed E-state index contributed by atoms with van der Waals surface area (Å²) < 4.78 is 36.6. The lowest BCUT2D eigenvalue weighted by Crippen LogP contribution is -2.46. The Balaban J connectivity index is 2.73. The highest BCUT2D eigenvalue weighted by molar-refractivity contribution is 5.74. The van der Waals surface area contributed by atoms with Gasteiger partial charge in [-0.2, -0.15) is 13.2 Å². The average molecular weight is 317 g/mol. The minimum atomic E-state index is -4.41. The molecule has 0 spiro atoms. The van der Waals surface area contributed by atoms with Gasteiger partial charge in [-0.05, 0) is 31.5 Å². The van der Waals surface area contributed by atoms with E-state index in [0.29, 0.717) is 0 Å². The summed E-state index contributed by atoms with van der Waals surface area (Å²) in [4.78, 5) is 15.2. The second kappa shape index (κ2) is 7.38. The number of benzene rings is 1. The molecule has 1 aromatic rings. The van der Waals surface area contributed by atoms with Crippen molar-refractivity contribution in [2.75, 3.05) is 25.5 Å². The molecular formula is C15H22F3N3O. The predicted octanol–water partition coefficient (Wildman–Crippen LogP) is 3.23. The van der Waals surface area contributed by atoms with Crippen LogP contribution in [0.3, 0.4) is 0 Å². The van der Waals surface area contributed by atoms with Crippen LogP contribution >= 0.6 is 0 Å². The molecule has 124 valence electrons. The molecule has 0 saturated heterocycles. The zero-order valence-electron chi connectivity index (χ0n) is 13.2. The summed E-state index contributed by atoms with van der Waals surface area (Å²) in [6, 6.07) is 6.61. The van der Waals surface area contributed by atoms with E-state index in [4.69, 9.17) is 0 Å². The molecule has 0 aliphatic carbocycles. The Bertz CT molecular complexity index is 484. The zero-order valence-corrected chi connectivity index (χ0v) is 13.2. The molecule has 2 amide bonds. The number of carbonyl (C=O) groups is 1. The van der Waals surface area contributed by atoms with Crippen molar-refractivity contribution < 1.29 is 18.0 Å². The Labute approximate surface area is 128 Å². The number of amides is 2. The monoisotopic (exact) mass is 317 g/mol. The number of hydrogen-bond donors (Lipinski definition) is 1. The summed E-state index contributed by atoms with van der Waals surface area (Å²) in [6.45, 7) is 2.46. The van der Waals surface area contributed by atoms with Crippen molar-refractivity contribution in [2.45, 2.75) is 32.6 Å². The molecule has 0 atom stereocenters. The normalized spacial score (nSPS) is 11.5. The van der Waals surface area contributed by atoms with E-state index < -0.39 is 18.8 Å². The predicted molar refractivity (Wildman–Crippen MR) is 80.9 cm³/mol. The van der Waals surface area contributed by atoms with Gasteiger partial charge in [-0.3, -0.25) is 0 Å². The van der Waals surface area contributed by atoms with Crippen molar-refractivity contribution in [3.8, 4) is 0 Å². The third-order valence-electron chi connectivity index (χ3n) is 3.13. The van der Waals surface area contributed by atoms with Crippen molar-refractivity contribution in [3.63, 3.8) is 0 Å². The van der Waals surface area contributed by atoms with Crippen LogP contribution in [0, 0.1) is 0 Å². The molecule has 0 aromatic heterocycles. The molecule has 0 heterocycles. The van der Waals surface area contributed by atoms with Crippen LogP contribution in [0.5, 0.6) is 0 Å². The Morgan fingerprint density at radius 1 is 1.18 bits per heavy atom. The van der Waals surface area contributed by atoms with Gasteiger partial charge >= 0.3 is 12.2 Å². The Kier molecular flexibility index (Phi) is 6.08. The van der Waals surface area contributed by atoms with Crippen LogP contribution in [0.1, 0.15) is 19.4 Å². The van der Waals surface area contributed by atoms with Crippen LogP contribution in [-0.4, -0.2) is 43.8 Å². The largest absolute Gasteiger partial charge is 0.405 e. The van der Waals surface area contributed by atoms with Crippen molar-refractivity contribution in [3.05, 3.63) is 29.8 Å². The summed E-state index contributed by atoms with van der Waals surface area (Å²) in [7, 11) is 3.83. The van der Waals surface area contributed by atoms with Gasteiger partial charge in [-0.15, -0.1) is 0 Å². The first-order chi connectivity index (χ1) is 10.1. The van der Waals surface area contributed by atoms with E-state index in [9.17, 15) is 18.0 Å². The van der Waals surface area contributed by atoms with Crippen LogP contribution in [0.15, 0.2) is 24.3 Å². The zero-order chi connectivity index (χ0) is 16.9. The highest BCUT2D eigenvalue weighted by Crippen LogP contribution is 2.16. The first-order valence-corrected chi connectivity index (χ1v) is 6.97. The van der Waals surface area contributed by atoms with E-state index in [1.54, 1.807) is 13.8 Å². The Morgan fingerprint density at radius 3 is 2.14 bits per heavy atom. The summed E-state index contributed by atoms with van der Waals surface area (Å²) >= 11 is 0. The Hall–Kier alpha value is -1.92. The molecule has 7 heteroatoms. The fourth-order valence-corrected chi connectivity index (χ4v) is 1.86. The molecule has 1 aromatic carbocycles. The molecule has 0 radical (unpaired) electrons. The molecule has 1 N–H and O–H groups in total. The van der Waals surface area contributed by atoms with Crippen LogP contribution in [0.2, 0.25) is 0 Å². The number of hydrogen-bond acceptors (Lipinski definition) is 2. The van der Waals surface area contributed by atoms with Crippen molar-refractivity contribution in [1.82, 2.24) is 10.2 Å². The number of rotatable bonds is 5. The van der Waals surface area contributed by atoms with E-state index in [-0.39, 0.29) is 12.6 Å². The van der Waals surface area contributed by atoms with E-state index in [1.165, 1.54) is 4.90 Å². The number of carbonyl (C=O) groups excluding carboxylic acids is 1. The van der Waals surface area contributed by atoms with Crippen LogP contribution < -0.4 is 10.2 Å². The second-order valence-corrected chi connectivity index (χ2v) is 5.56. The molecule has 0 saturated carbocycles. The van der Waals surface area contributed by atoms with Gasteiger partial charge in [0.1, 0.15) is 6.54 Å². The molecule has 0 unspecified atom stereocenters. The maximum Gasteiger partial charge on any atom is 0.405 e. The quantitative estimate of drug-likeness (QED) is 0.905. The van der Waals surface area contributed by atoms with Crippen molar-refractivity contribution >= 4 is 11.7 Å². The molecule has 1 rings (SSSR count). The molecule has 4 nitrogen and oxygen atoms in total. The molecule has 0 fully saturated rings. The number of halogens is 3. The van der Waals surface area contributed by atoms with Gasteiger partial charge in [0.05, 0.1) is 0 Å². The molecule has 0 aliphatic heterocycles. The average Bonchev–Trinajstić information content (AvgIpc) is 2.41. The lowest BCUT2D eigenvalue weighted by Gasteiger charge is -2.27. The van der Waals surface area contributed by atoms with Crippen molar-refractivity contribution in [1.29, 1.82) is 0 Å². The standard InChI is InChI=1S/C15H22F3N3O/c1-11(2)21(14(22)19-10-15(16,17)18)9-12-5-7-13(8-6-12)20(3)4/h5-8,11H,9-10H2,1-4H3,(H,19,22). The first kappa shape index (κ1) is 18.1. The van der Waals surface area contributed by atoms with Gasteiger partial charge in [0.15, 0.2) is 0 Å². The van der Waals surface area contributed by atoms with Gasteiger partial charge in [-0.1, -0.05) is 12.1 Å². The van der Waals surface area contributed by atoms with Gasteiger partial charge in [0, 0.05) is 32.4 Å². The van der Waals surface area contributed by atoms with Crippen LogP contribution in [-0.2, 0) is 6.54 Å². The van der Waals surface area contributed by atoms with Crippen molar-refractivity contribution in [2.24, 2.45) is 0 Å². The maximum atomic E-state index is 12.2. The number of urea groups is 1. The minimum Gasteiger partial charge on any atom is -0.378 e. The van der Waals surface area contributed by atoms with E-state index in [2.05, 4.69) is 0 Å². The number of anilines is 1. The van der Waals surface area contributed by atoms with Gasteiger partial charge < -0.3 is 15.1 Å². The first-order valence-electron chi connectivity index (χ1n) is 6.97. The third-order valence-corrected chi connectivity index (χ3v) is 3.13. The smallest absolute Gasteiger partial charge is 0.378 e. The minimum absolute atomic E-state index is 0.207. The van der Waals surface area contributed by atoms with Gasteiger partial charge in [-0.25, -0.2) is 4.79 Å². The number of nitrogens with zero attached hydrogens (tertiary/aromatic N) is 2. The lowest BCUT2D eigenvalue weighted by atomic mass is 10.1. The van der Waals surface area contributed by atoms with E-state index in [1.807, 2.05) is 48.6 Å². The highest BCUT2D eigenvalue weighted by atomic mass is 19.4. The molecular weight excluding hydrogens is 295 g/mol. The SMILES string of the molecule is CC(C)N(Cc1ccc(N(C)C)cc1)C(=O)NCC(F)(F)F. The van der Waals surface area contributed by atoms with Crippen LogP contribution in [0.4, 0.5) is 23.7 Å². The fraction of sp³-hybridized carbons (Fsp3) is 0.533. The molecule has 0 bridgehead atoms. The Morgan fingerprint density at radius 2 is 1.73 bits per heavy atom. The van der Waals surface area contributed by atoms with E-state index >= 15 is 0 Å². The van der Waals surface area contributed by atoms with Gasteiger partial charge in [0.25, 0.3) is 0 Å². The summed E-state index contributed by atoms with van der Waals surface area (Å²) in [5, 5.41) is 1.91. The number of alkyl halides is 3. The highest BCUT2D eigenvalue weighted by Gasteiger charge is 2.29. The number of nitrogens with one attached hydrogen (secondary N) is 1.